The van der Waals surface area contributed by atoms with Crippen LogP contribution in [0.15, 0.2) is 30.3 Å². The van der Waals surface area contributed by atoms with Crippen molar-refractivity contribution in [2.45, 2.75) is 13.3 Å². The molecular formula is C15H18N4OS. The number of piperazine rings is 1. The van der Waals surface area contributed by atoms with Crippen molar-refractivity contribution in [2.75, 3.05) is 31.1 Å². The van der Waals surface area contributed by atoms with Gasteiger partial charge in [-0.05, 0) is 12.1 Å². The van der Waals surface area contributed by atoms with Gasteiger partial charge in [-0.15, -0.1) is 0 Å². The largest absolute Gasteiger partial charge is 0.343 e. The molecule has 5 nitrogen and oxygen atoms in total. The standard InChI is InChI=1S/C15H18N4OS/c1-2-13-16-15(21-17-13)19-10-8-18(9-11-19)14(20)12-6-4-3-5-7-12/h3-7H,2,8-11H2,1H3. The lowest BCUT2D eigenvalue weighted by atomic mass is 10.2. The molecule has 1 aromatic carbocycles. The number of hydrogen-bond donors (Lipinski definition) is 0. The highest BCUT2D eigenvalue weighted by molar-refractivity contribution is 7.09. The number of anilines is 1. The highest BCUT2D eigenvalue weighted by Crippen LogP contribution is 2.19. The summed E-state index contributed by atoms with van der Waals surface area (Å²) in [6, 6.07) is 9.46. The van der Waals surface area contributed by atoms with Gasteiger partial charge in [0.1, 0.15) is 5.82 Å². The number of amides is 1. The summed E-state index contributed by atoms with van der Waals surface area (Å²) in [5.74, 6) is 1.01. The quantitative estimate of drug-likeness (QED) is 0.871. The minimum absolute atomic E-state index is 0.113. The van der Waals surface area contributed by atoms with E-state index in [0.29, 0.717) is 0 Å². The Morgan fingerprint density at radius 3 is 2.52 bits per heavy atom. The molecule has 0 aliphatic carbocycles. The van der Waals surface area contributed by atoms with Gasteiger partial charge in [0.2, 0.25) is 5.13 Å². The first-order valence-corrected chi connectivity index (χ1v) is 7.97. The second kappa shape index (κ2) is 6.22. The van der Waals surface area contributed by atoms with Gasteiger partial charge >= 0.3 is 0 Å². The summed E-state index contributed by atoms with van der Waals surface area (Å²) in [4.78, 5) is 21.0. The van der Waals surface area contributed by atoms with Crippen LogP contribution in [0, 0.1) is 0 Å². The summed E-state index contributed by atoms with van der Waals surface area (Å²) < 4.78 is 4.32. The van der Waals surface area contributed by atoms with Gasteiger partial charge in [0.25, 0.3) is 5.91 Å². The maximum Gasteiger partial charge on any atom is 0.253 e. The fourth-order valence-corrected chi connectivity index (χ4v) is 3.18. The van der Waals surface area contributed by atoms with Crippen LogP contribution in [0.5, 0.6) is 0 Å². The monoisotopic (exact) mass is 302 g/mol. The molecule has 1 aliphatic heterocycles. The van der Waals surface area contributed by atoms with E-state index in [1.807, 2.05) is 35.2 Å². The molecule has 3 rings (SSSR count). The topological polar surface area (TPSA) is 49.3 Å². The summed E-state index contributed by atoms with van der Waals surface area (Å²) >= 11 is 1.45. The van der Waals surface area contributed by atoms with Gasteiger partial charge in [-0.3, -0.25) is 4.79 Å². The van der Waals surface area contributed by atoms with Gasteiger partial charge in [-0.2, -0.15) is 4.37 Å². The first-order chi connectivity index (χ1) is 10.3. The summed E-state index contributed by atoms with van der Waals surface area (Å²) in [6.45, 7) is 5.15. The van der Waals surface area contributed by atoms with E-state index in [-0.39, 0.29) is 5.91 Å². The van der Waals surface area contributed by atoms with E-state index >= 15 is 0 Å². The summed E-state index contributed by atoms with van der Waals surface area (Å²) in [5, 5.41) is 0.971. The molecule has 0 unspecified atom stereocenters. The number of hydrogen-bond acceptors (Lipinski definition) is 5. The van der Waals surface area contributed by atoms with Gasteiger partial charge in [-0.25, -0.2) is 4.98 Å². The Hall–Kier alpha value is -1.95. The molecule has 0 radical (unpaired) electrons. The predicted octanol–water partition coefficient (Wildman–Crippen LogP) is 2.06. The predicted molar refractivity (Wildman–Crippen MR) is 83.8 cm³/mol. The summed E-state index contributed by atoms with van der Waals surface area (Å²) in [7, 11) is 0. The lowest BCUT2D eigenvalue weighted by molar-refractivity contribution is 0.0747. The number of aryl methyl sites for hydroxylation is 1. The Labute approximate surface area is 128 Å². The van der Waals surface area contributed by atoms with Crippen molar-refractivity contribution in [3.63, 3.8) is 0 Å². The molecule has 2 aromatic rings. The van der Waals surface area contributed by atoms with E-state index in [1.54, 1.807) is 0 Å². The average molecular weight is 302 g/mol. The number of rotatable bonds is 3. The number of benzene rings is 1. The zero-order chi connectivity index (χ0) is 14.7. The second-order valence-electron chi connectivity index (χ2n) is 4.99. The van der Waals surface area contributed by atoms with Gasteiger partial charge in [0, 0.05) is 49.7 Å². The van der Waals surface area contributed by atoms with Crippen LogP contribution in [0.3, 0.4) is 0 Å². The van der Waals surface area contributed by atoms with Crippen LogP contribution in [-0.4, -0.2) is 46.3 Å². The lowest BCUT2D eigenvalue weighted by Crippen LogP contribution is -2.48. The minimum Gasteiger partial charge on any atom is -0.343 e. The highest BCUT2D eigenvalue weighted by Gasteiger charge is 2.23. The zero-order valence-electron chi connectivity index (χ0n) is 12.0. The minimum atomic E-state index is 0.113. The highest BCUT2D eigenvalue weighted by atomic mass is 32.1. The van der Waals surface area contributed by atoms with Crippen LogP contribution in [0.25, 0.3) is 0 Å². The van der Waals surface area contributed by atoms with E-state index in [0.717, 1.165) is 49.1 Å². The molecular weight excluding hydrogens is 284 g/mol. The zero-order valence-corrected chi connectivity index (χ0v) is 12.8. The molecule has 1 fully saturated rings. The molecule has 1 aliphatic rings. The molecule has 21 heavy (non-hydrogen) atoms. The second-order valence-corrected chi connectivity index (χ2v) is 5.72. The van der Waals surface area contributed by atoms with Gasteiger partial charge in [0.05, 0.1) is 0 Å². The summed E-state index contributed by atoms with van der Waals surface area (Å²) in [5.41, 5.74) is 0.759. The van der Waals surface area contributed by atoms with E-state index < -0.39 is 0 Å². The van der Waals surface area contributed by atoms with Gasteiger partial charge in [0.15, 0.2) is 0 Å². The Kier molecular flexibility index (Phi) is 4.15. The van der Waals surface area contributed by atoms with Crippen molar-refractivity contribution in [2.24, 2.45) is 0 Å². The number of nitrogens with zero attached hydrogens (tertiary/aromatic N) is 4. The third-order valence-electron chi connectivity index (χ3n) is 3.63. The molecule has 0 N–H and O–H groups in total. The third-order valence-corrected chi connectivity index (χ3v) is 4.45. The maximum absolute atomic E-state index is 12.4. The van der Waals surface area contributed by atoms with Crippen LogP contribution in [0.1, 0.15) is 23.1 Å². The molecule has 0 spiro atoms. The molecule has 6 heteroatoms. The number of carbonyl (C=O) groups excluding carboxylic acids is 1. The molecule has 2 heterocycles. The van der Waals surface area contributed by atoms with E-state index in [1.165, 1.54) is 11.5 Å². The van der Waals surface area contributed by atoms with Gasteiger partial charge < -0.3 is 9.80 Å². The lowest BCUT2D eigenvalue weighted by Gasteiger charge is -2.34. The molecule has 1 aromatic heterocycles. The van der Waals surface area contributed by atoms with E-state index in [9.17, 15) is 4.79 Å². The molecule has 0 bridgehead atoms. The molecule has 1 amide bonds. The van der Waals surface area contributed by atoms with E-state index in [4.69, 9.17) is 0 Å². The van der Waals surface area contributed by atoms with Crippen molar-refractivity contribution in [3.8, 4) is 0 Å². The van der Waals surface area contributed by atoms with Crippen LogP contribution >= 0.6 is 11.5 Å². The fourth-order valence-electron chi connectivity index (χ4n) is 2.38. The Balaban J connectivity index is 1.61. The van der Waals surface area contributed by atoms with Crippen molar-refractivity contribution >= 4 is 22.6 Å². The normalized spacial score (nSPS) is 15.3. The fraction of sp³-hybridized carbons (Fsp3) is 0.400. The van der Waals surface area contributed by atoms with Crippen LogP contribution < -0.4 is 4.90 Å². The Morgan fingerprint density at radius 2 is 1.90 bits per heavy atom. The molecule has 0 atom stereocenters. The number of carbonyl (C=O) groups is 1. The van der Waals surface area contributed by atoms with Crippen LogP contribution in [0.4, 0.5) is 5.13 Å². The van der Waals surface area contributed by atoms with Crippen LogP contribution in [0.2, 0.25) is 0 Å². The van der Waals surface area contributed by atoms with Crippen molar-refractivity contribution in [1.29, 1.82) is 0 Å². The van der Waals surface area contributed by atoms with Crippen LogP contribution in [-0.2, 0) is 6.42 Å². The molecule has 110 valence electrons. The SMILES string of the molecule is CCc1nsc(N2CCN(C(=O)c3ccccc3)CC2)n1. The molecule has 1 saturated heterocycles. The number of aromatic nitrogens is 2. The Bertz CT molecular complexity index is 605. The average Bonchev–Trinajstić information content (AvgIpc) is 3.04. The van der Waals surface area contributed by atoms with Crippen molar-refractivity contribution in [3.05, 3.63) is 41.7 Å². The first kappa shape index (κ1) is 14.0. The van der Waals surface area contributed by atoms with Crippen molar-refractivity contribution in [1.82, 2.24) is 14.3 Å². The first-order valence-electron chi connectivity index (χ1n) is 7.20. The maximum atomic E-state index is 12.4. The van der Waals surface area contributed by atoms with Gasteiger partial charge in [-0.1, -0.05) is 25.1 Å². The van der Waals surface area contributed by atoms with Crippen molar-refractivity contribution < 1.29 is 4.79 Å². The Morgan fingerprint density at radius 1 is 1.19 bits per heavy atom. The smallest absolute Gasteiger partial charge is 0.253 e. The van der Waals surface area contributed by atoms with E-state index in [2.05, 4.69) is 21.2 Å². The summed E-state index contributed by atoms with van der Waals surface area (Å²) in [6.07, 6.45) is 0.864. The third kappa shape index (κ3) is 3.05. The molecule has 0 saturated carbocycles.